The molecule has 0 aliphatic heterocycles. The smallest absolute Gasteiger partial charge is 0.121 e. The van der Waals surface area contributed by atoms with Crippen LogP contribution in [0.25, 0.3) is 22.2 Å². The summed E-state index contributed by atoms with van der Waals surface area (Å²) in [6, 6.07) is 7.68. The van der Waals surface area contributed by atoms with Gasteiger partial charge in [-0.3, -0.25) is 4.68 Å². The van der Waals surface area contributed by atoms with E-state index in [1.807, 2.05) is 38.2 Å². The number of halogens is 1. The van der Waals surface area contributed by atoms with Gasteiger partial charge in [-0.25, -0.2) is 0 Å². The Morgan fingerprint density at radius 2 is 2.11 bits per heavy atom. The molecule has 0 saturated carbocycles. The van der Waals surface area contributed by atoms with Crippen LogP contribution in [-0.4, -0.2) is 14.8 Å². The third-order valence-corrected chi connectivity index (χ3v) is 3.36. The topological polar surface area (TPSA) is 59.6 Å². The van der Waals surface area contributed by atoms with Gasteiger partial charge in [-0.15, -0.1) is 0 Å². The number of aryl methyl sites for hydroxylation is 2. The van der Waals surface area contributed by atoms with Gasteiger partial charge in [-0.2, -0.15) is 5.10 Å². The molecular weight excluding hydrogens is 248 g/mol. The largest absolute Gasteiger partial charge is 0.384 e. The van der Waals surface area contributed by atoms with Crippen molar-refractivity contribution in [2.75, 3.05) is 5.73 Å². The van der Waals surface area contributed by atoms with E-state index < -0.39 is 0 Å². The summed E-state index contributed by atoms with van der Waals surface area (Å²) in [6.07, 6.45) is 0. The highest BCUT2D eigenvalue weighted by molar-refractivity contribution is 6.31. The summed E-state index contributed by atoms with van der Waals surface area (Å²) in [5, 5.41) is 6.25. The van der Waals surface area contributed by atoms with Gasteiger partial charge < -0.3 is 10.7 Å². The Kier molecular flexibility index (Phi) is 2.35. The summed E-state index contributed by atoms with van der Waals surface area (Å²) >= 11 is 6.00. The van der Waals surface area contributed by atoms with Crippen LogP contribution in [-0.2, 0) is 7.05 Å². The van der Waals surface area contributed by atoms with Gasteiger partial charge >= 0.3 is 0 Å². The second-order valence-electron chi connectivity index (χ2n) is 4.39. The lowest BCUT2D eigenvalue weighted by atomic mass is 10.1. The fourth-order valence-electron chi connectivity index (χ4n) is 2.24. The lowest BCUT2D eigenvalue weighted by Crippen LogP contribution is -1.96. The zero-order valence-corrected chi connectivity index (χ0v) is 10.9. The minimum atomic E-state index is 0.646. The molecular formula is C13H13ClN4. The number of nitrogen functional groups attached to an aromatic ring is 1. The number of H-pyrrole nitrogens is 1. The number of benzene rings is 1. The molecule has 0 fully saturated rings. The molecule has 0 amide bonds. The molecule has 0 aliphatic rings. The van der Waals surface area contributed by atoms with Crippen molar-refractivity contribution >= 4 is 28.3 Å². The monoisotopic (exact) mass is 260 g/mol. The van der Waals surface area contributed by atoms with E-state index in [0.29, 0.717) is 5.82 Å². The van der Waals surface area contributed by atoms with Crippen LogP contribution in [0.4, 0.5) is 5.82 Å². The molecule has 0 unspecified atom stereocenters. The SMILES string of the molecule is Cc1[nH]c2cc(Cl)ccc2c1-c1cc(N)n(C)n1. The number of fused-ring (bicyclic) bond motifs is 1. The van der Waals surface area contributed by atoms with E-state index in [-0.39, 0.29) is 0 Å². The van der Waals surface area contributed by atoms with Crippen LogP contribution in [0.15, 0.2) is 24.3 Å². The molecule has 3 N–H and O–H groups in total. The molecule has 0 radical (unpaired) electrons. The number of anilines is 1. The summed E-state index contributed by atoms with van der Waals surface area (Å²) in [4.78, 5) is 3.32. The molecule has 92 valence electrons. The molecule has 3 rings (SSSR count). The molecule has 4 nitrogen and oxygen atoms in total. The standard InChI is InChI=1S/C13H13ClN4/c1-7-13(11-6-12(15)18(2)17-11)9-4-3-8(14)5-10(9)16-7/h3-6,16H,15H2,1-2H3. The Labute approximate surface area is 109 Å². The van der Waals surface area contributed by atoms with Crippen LogP contribution < -0.4 is 5.73 Å². The zero-order valence-electron chi connectivity index (χ0n) is 10.2. The number of aromatic nitrogens is 3. The van der Waals surface area contributed by atoms with E-state index in [2.05, 4.69) is 10.1 Å². The molecule has 0 spiro atoms. The van der Waals surface area contributed by atoms with E-state index in [9.17, 15) is 0 Å². The Balaban J connectivity index is 2.31. The molecule has 1 aromatic carbocycles. The summed E-state index contributed by atoms with van der Waals surface area (Å²) in [5.41, 5.74) is 9.86. The molecule has 5 heteroatoms. The van der Waals surface area contributed by atoms with Gasteiger partial charge in [-0.05, 0) is 19.1 Å². The average molecular weight is 261 g/mol. The highest BCUT2D eigenvalue weighted by Crippen LogP contribution is 2.33. The highest BCUT2D eigenvalue weighted by atomic mass is 35.5. The van der Waals surface area contributed by atoms with Gasteiger partial charge in [0.1, 0.15) is 5.82 Å². The van der Waals surface area contributed by atoms with Crippen molar-refractivity contribution in [3.63, 3.8) is 0 Å². The number of nitrogens with zero attached hydrogens (tertiary/aromatic N) is 2. The molecule has 3 aromatic rings. The first kappa shape index (κ1) is 11.2. The summed E-state index contributed by atoms with van der Waals surface area (Å²) in [5.74, 6) is 0.646. The van der Waals surface area contributed by atoms with Crippen LogP contribution in [0.5, 0.6) is 0 Å². The van der Waals surface area contributed by atoms with Crippen molar-refractivity contribution in [1.82, 2.24) is 14.8 Å². The van der Waals surface area contributed by atoms with Crippen molar-refractivity contribution < 1.29 is 0 Å². The minimum Gasteiger partial charge on any atom is -0.384 e. The first-order valence-electron chi connectivity index (χ1n) is 5.64. The van der Waals surface area contributed by atoms with Crippen LogP contribution in [0.2, 0.25) is 5.02 Å². The van der Waals surface area contributed by atoms with Gasteiger partial charge in [0.15, 0.2) is 0 Å². The minimum absolute atomic E-state index is 0.646. The predicted molar refractivity (Wildman–Crippen MR) is 74.7 cm³/mol. The van der Waals surface area contributed by atoms with Crippen molar-refractivity contribution in [2.45, 2.75) is 6.92 Å². The Morgan fingerprint density at radius 1 is 1.33 bits per heavy atom. The number of hydrogen-bond acceptors (Lipinski definition) is 2. The normalized spacial score (nSPS) is 11.3. The van der Waals surface area contributed by atoms with E-state index in [1.54, 1.807) is 4.68 Å². The van der Waals surface area contributed by atoms with Crippen LogP contribution in [0.3, 0.4) is 0 Å². The molecule has 0 bridgehead atoms. The number of nitrogens with one attached hydrogen (secondary N) is 1. The van der Waals surface area contributed by atoms with Gasteiger partial charge in [-0.1, -0.05) is 17.7 Å². The number of nitrogens with two attached hydrogens (primary N) is 1. The predicted octanol–water partition coefficient (Wildman–Crippen LogP) is 3.11. The maximum absolute atomic E-state index is 6.00. The summed E-state index contributed by atoms with van der Waals surface area (Å²) in [7, 11) is 1.83. The first-order chi connectivity index (χ1) is 8.56. The highest BCUT2D eigenvalue weighted by Gasteiger charge is 2.14. The molecule has 2 aromatic heterocycles. The van der Waals surface area contributed by atoms with Crippen molar-refractivity contribution in [3.8, 4) is 11.3 Å². The van der Waals surface area contributed by atoms with E-state index >= 15 is 0 Å². The zero-order chi connectivity index (χ0) is 12.9. The Morgan fingerprint density at radius 3 is 2.78 bits per heavy atom. The average Bonchev–Trinajstić information content (AvgIpc) is 2.78. The second kappa shape index (κ2) is 3.78. The van der Waals surface area contributed by atoms with Gasteiger partial charge in [0.05, 0.1) is 5.69 Å². The Hall–Kier alpha value is -1.94. The second-order valence-corrected chi connectivity index (χ2v) is 4.83. The van der Waals surface area contributed by atoms with Crippen LogP contribution >= 0.6 is 11.6 Å². The molecule has 0 atom stereocenters. The van der Waals surface area contributed by atoms with Crippen LogP contribution in [0, 0.1) is 6.92 Å². The number of hydrogen-bond donors (Lipinski definition) is 2. The van der Waals surface area contributed by atoms with Crippen molar-refractivity contribution in [2.24, 2.45) is 7.05 Å². The fraction of sp³-hybridized carbons (Fsp3) is 0.154. The quantitative estimate of drug-likeness (QED) is 0.706. The van der Waals surface area contributed by atoms with Crippen molar-refractivity contribution in [1.29, 1.82) is 0 Å². The molecule has 0 saturated heterocycles. The number of rotatable bonds is 1. The fourth-order valence-corrected chi connectivity index (χ4v) is 2.41. The number of aromatic amines is 1. The maximum Gasteiger partial charge on any atom is 0.121 e. The molecule has 2 heterocycles. The maximum atomic E-state index is 6.00. The molecule has 18 heavy (non-hydrogen) atoms. The summed E-state index contributed by atoms with van der Waals surface area (Å²) < 4.78 is 1.67. The van der Waals surface area contributed by atoms with Crippen LogP contribution in [0.1, 0.15) is 5.69 Å². The van der Waals surface area contributed by atoms with Gasteiger partial charge in [0, 0.05) is 40.3 Å². The van der Waals surface area contributed by atoms with Gasteiger partial charge in [0.2, 0.25) is 0 Å². The first-order valence-corrected chi connectivity index (χ1v) is 6.02. The van der Waals surface area contributed by atoms with E-state index in [0.717, 1.165) is 32.9 Å². The third kappa shape index (κ3) is 1.57. The Bertz CT molecular complexity index is 719. The molecule has 0 aliphatic carbocycles. The lowest BCUT2D eigenvalue weighted by Gasteiger charge is -1.96. The van der Waals surface area contributed by atoms with Crippen molar-refractivity contribution in [3.05, 3.63) is 35.0 Å². The van der Waals surface area contributed by atoms with Gasteiger partial charge in [0.25, 0.3) is 0 Å². The third-order valence-electron chi connectivity index (χ3n) is 3.12. The van der Waals surface area contributed by atoms with E-state index in [1.165, 1.54) is 0 Å². The lowest BCUT2D eigenvalue weighted by molar-refractivity contribution is 0.782. The summed E-state index contributed by atoms with van der Waals surface area (Å²) in [6.45, 7) is 2.02. The van der Waals surface area contributed by atoms with E-state index in [4.69, 9.17) is 17.3 Å².